The average Bonchev–Trinajstić information content (AvgIpc) is 2.85. The fraction of sp³-hybridized carbons (Fsp3) is 0.357. The first-order valence-electron chi connectivity index (χ1n) is 6.09. The van der Waals surface area contributed by atoms with Gasteiger partial charge in [-0.1, -0.05) is 6.92 Å². The molecular formula is C14H17BrN2S. The van der Waals surface area contributed by atoms with Crippen molar-refractivity contribution in [2.24, 2.45) is 0 Å². The molecule has 0 bridgehead atoms. The normalized spacial score (nSPS) is 12.6. The van der Waals surface area contributed by atoms with Crippen molar-refractivity contribution in [3.8, 4) is 0 Å². The lowest BCUT2D eigenvalue weighted by Gasteiger charge is -2.16. The number of rotatable bonds is 5. The fourth-order valence-corrected chi connectivity index (χ4v) is 3.45. The highest BCUT2D eigenvalue weighted by Crippen LogP contribution is 2.26. The highest BCUT2D eigenvalue weighted by Gasteiger charge is 2.15. The quantitative estimate of drug-likeness (QED) is 0.900. The van der Waals surface area contributed by atoms with Crippen molar-refractivity contribution in [2.75, 3.05) is 7.05 Å². The molecule has 2 heterocycles. The number of thiophene rings is 1. The molecule has 2 aromatic heterocycles. The van der Waals surface area contributed by atoms with E-state index in [4.69, 9.17) is 0 Å². The third-order valence-corrected chi connectivity index (χ3v) is 4.86. The molecule has 0 aliphatic heterocycles. The Bertz CT molecular complexity index is 510. The zero-order valence-corrected chi connectivity index (χ0v) is 13.0. The Hall–Kier alpha value is -0.710. The first-order valence-corrected chi connectivity index (χ1v) is 7.70. The Morgan fingerprint density at radius 1 is 1.33 bits per heavy atom. The number of hydrogen-bond acceptors (Lipinski definition) is 3. The maximum absolute atomic E-state index is 4.47. The number of hydrogen-bond donors (Lipinski definition) is 1. The molecule has 0 amide bonds. The molecule has 0 aliphatic carbocycles. The molecule has 0 saturated carbocycles. The van der Waals surface area contributed by atoms with E-state index in [1.54, 1.807) is 0 Å². The summed E-state index contributed by atoms with van der Waals surface area (Å²) < 4.78 is 1.07. The number of likely N-dealkylation sites (N-methyl/N-ethyl adjacent to an activating group) is 1. The van der Waals surface area contributed by atoms with Gasteiger partial charge in [0.2, 0.25) is 0 Å². The maximum atomic E-state index is 4.47. The van der Waals surface area contributed by atoms with Gasteiger partial charge in [-0.15, -0.1) is 11.3 Å². The minimum absolute atomic E-state index is 0.254. The minimum Gasteiger partial charge on any atom is -0.311 e. The van der Waals surface area contributed by atoms with Gasteiger partial charge in [-0.25, -0.2) is 0 Å². The van der Waals surface area contributed by atoms with Crippen LogP contribution in [0.25, 0.3) is 0 Å². The van der Waals surface area contributed by atoms with Crippen molar-refractivity contribution in [2.45, 2.75) is 25.8 Å². The lowest BCUT2D eigenvalue weighted by Crippen LogP contribution is -2.20. The molecule has 2 nitrogen and oxygen atoms in total. The Morgan fingerprint density at radius 3 is 2.72 bits per heavy atom. The molecule has 0 saturated heterocycles. The minimum atomic E-state index is 0.254. The van der Waals surface area contributed by atoms with Crippen molar-refractivity contribution in [1.82, 2.24) is 10.3 Å². The Labute approximate surface area is 121 Å². The molecule has 1 N–H and O–H groups in total. The molecule has 2 aromatic rings. The summed E-state index contributed by atoms with van der Waals surface area (Å²) in [5, 5.41) is 3.35. The summed E-state index contributed by atoms with van der Waals surface area (Å²) in [6.45, 7) is 2.19. The van der Waals surface area contributed by atoms with Crippen LogP contribution in [0.2, 0.25) is 0 Å². The molecule has 18 heavy (non-hydrogen) atoms. The van der Waals surface area contributed by atoms with Crippen LogP contribution in [-0.2, 0) is 12.8 Å². The summed E-state index contributed by atoms with van der Waals surface area (Å²) in [6, 6.07) is 8.69. The zero-order chi connectivity index (χ0) is 13.0. The van der Waals surface area contributed by atoms with E-state index < -0.39 is 0 Å². The second-order valence-corrected chi connectivity index (χ2v) is 6.24. The maximum Gasteiger partial charge on any atom is 0.0718 e. The predicted octanol–water partition coefficient (Wildman–Crippen LogP) is 3.97. The molecule has 2 rings (SSSR count). The predicted molar refractivity (Wildman–Crippen MR) is 81.1 cm³/mol. The van der Waals surface area contributed by atoms with Crippen molar-refractivity contribution >= 4 is 27.3 Å². The average molecular weight is 325 g/mol. The largest absolute Gasteiger partial charge is 0.311 e. The number of aromatic nitrogens is 1. The summed E-state index contributed by atoms with van der Waals surface area (Å²) in [7, 11) is 1.99. The fourth-order valence-electron chi connectivity index (χ4n) is 1.91. The van der Waals surface area contributed by atoms with Crippen LogP contribution in [0, 0.1) is 0 Å². The van der Waals surface area contributed by atoms with E-state index in [0.717, 1.165) is 23.0 Å². The number of nitrogens with zero attached hydrogens (tertiary/aromatic N) is 1. The number of pyridine rings is 1. The van der Waals surface area contributed by atoms with Gasteiger partial charge in [-0.2, -0.15) is 0 Å². The summed E-state index contributed by atoms with van der Waals surface area (Å²) in [6.07, 6.45) is 3.94. The third kappa shape index (κ3) is 3.19. The van der Waals surface area contributed by atoms with Crippen LogP contribution in [0.5, 0.6) is 0 Å². The molecule has 0 radical (unpaired) electrons. The monoisotopic (exact) mass is 324 g/mol. The summed E-state index contributed by atoms with van der Waals surface area (Å²) >= 11 is 5.46. The highest BCUT2D eigenvalue weighted by molar-refractivity contribution is 9.10. The van der Waals surface area contributed by atoms with E-state index in [1.807, 2.05) is 36.7 Å². The van der Waals surface area contributed by atoms with E-state index in [1.165, 1.54) is 9.75 Å². The van der Waals surface area contributed by atoms with Crippen LogP contribution in [0.15, 0.2) is 34.9 Å². The summed E-state index contributed by atoms with van der Waals surface area (Å²) in [5.74, 6) is 0. The molecule has 0 aliphatic rings. The topological polar surface area (TPSA) is 24.9 Å². The van der Waals surface area contributed by atoms with Gasteiger partial charge in [-0.05, 0) is 53.7 Å². The molecule has 0 spiro atoms. The van der Waals surface area contributed by atoms with E-state index in [-0.39, 0.29) is 6.04 Å². The van der Waals surface area contributed by atoms with Crippen molar-refractivity contribution < 1.29 is 0 Å². The Morgan fingerprint density at radius 2 is 2.11 bits per heavy atom. The van der Waals surface area contributed by atoms with Crippen LogP contribution in [-0.4, -0.2) is 12.0 Å². The van der Waals surface area contributed by atoms with Crippen LogP contribution >= 0.6 is 27.3 Å². The van der Waals surface area contributed by atoms with Gasteiger partial charge in [-0.3, -0.25) is 4.98 Å². The van der Waals surface area contributed by atoms with Gasteiger partial charge in [0.1, 0.15) is 0 Å². The Kier molecular flexibility index (Phi) is 4.92. The van der Waals surface area contributed by atoms with Gasteiger partial charge in [0.25, 0.3) is 0 Å². The number of nitrogens with one attached hydrogen (secondary N) is 1. The third-order valence-electron chi connectivity index (χ3n) is 2.94. The first-order chi connectivity index (χ1) is 8.74. The first kappa shape index (κ1) is 13.7. The van der Waals surface area contributed by atoms with Gasteiger partial charge in [0, 0.05) is 26.8 Å². The van der Waals surface area contributed by atoms with E-state index in [9.17, 15) is 0 Å². The molecular weight excluding hydrogens is 308 g/mol. The molecule has 1 unspecified atom stereocenters. The standard InChI is InChI=1S/C14H17BrN2S/c1-3-10-6-7-11(18-10)9-13(16-2)14-12(15)5-4-8-17-14/h4-8,13,16H,3,9H2,1-2H3. The molecule has 4 heteroatoms. The number of halogens is 1. The lowest BCUT2D eigenvalue weighted by atomic mass is 10.1. The van der Waals surface area contributed by atoms with Gasteiger partial charge in [0.15, 0.2) is 0 Å². The van der Waals surface area contributed by atoms with Gasteiger partial charge >= 0.3 is 0 Å². The molecule has 96 valence electrons. The number of aryl methyl sites for hydroxylation is 1. The lowest BCUT2D eigenvalue weighted by molar-refractivity contribution is 0.577. The zero-order valence-electron chi connectivity index (χ0n) is 10.6. The van der Waals surface area contributed by atoms with Crippen LogP contribution in [0.4, 0.5) is 0 Å². The van der Waals surface area contributed by atoms with E-state index in [0.29, 0.717) is 0 Å². The second-order valence-electron chi connectivity index (χ2n) is 4.14. The van der Waals surface area contributed by atoms with Gasteiger partial charge < -0.3 is 5.32 Å². The van der Waals surface area contributed by atoms with Crippen LogP contribution in [0.1, 0.15) is 28.4 Å². The van der Waals surface area contributed by atoms with Crippen molar-refractivity contribution in [3.05, 3.63) is 50.4 Å². The molecule has 0 aromatic carbocycles. The second kappa shape index (κ2) is 6.45. The molecule has 1 atom stereocenters. The summed E-state index contributed by atoms with van der Waals surface area (Å²) in [5.41, 5.74) is 1.08. The molecule has 0 fully saturated rings. The van der Waals surface area contributed by atoms with E-state index in [2.05, 4.69) is 45.3 Å². The Balaban J connectivity index is 2.17. The summed E-state index contributed by atoms with van der Waals surface area (Å²) in [4.78, 5) is 7.32. The van der Waals surface area contributed by atoms with Crippen LogP contribution in [0.3, 0.4) is 0 Å². The SMILES string of the molecule is CCc1ccc(CC(NC)c2ncccc2Br)s1. The van der Waals surface area contributed by atoms with E-state index >= 15 is 0 Å². The smallest absolute Gasteiger partial charge is 0.0718 e. The highest BCUT2D eigenvalue weighted by atomic mass is 79.9. The van der Waals surface area contributed by atoms with Gasteiger partial charge in [0.05, 0.1) is 11.7 Å². The van der Waals surface area contributed by atoms with Crippen molar-refractivity contribution in [1.29, 1.82) is 0 Å². The van der Waals surface area contributed by atoms with Crippen molar-refractivity contribution in [3.63, 3.8) is 0 Å². The van der Waals surface area contributed by atoms with Crippen LogP contribution < -0.4 is 5.32 Å².